The van der Waals surface area contributed by atoms with Crippen LogP contribution in [-0.2, 0) is 22.6 Å². The first kappa shape index (κ1) is 28.3. The summed E-state index contributed by atoms with van der Waals surface area (Å²) in [6, 6.07) is 11.7. The van der Waals surface area contributed by atoms with Crippen LogP contribution in [0.5, 0.6) is 0 Å². The summed E-state index contributed by atoms with van der Waals surface area (Å²) in [5, 5.41) is 8.67. The van der Waals surface area contributed by atoms with E-state index in [4.69, 9.17) is 11.6 Å². The zero-order chi connectivity index (χ0) is 29.6. The molecule has 0 radical (unpaired) electrons. The quantitative estimate of drug-likeness (QED) is 0.335. The van der Waals surface area contributed by atoms with E-state index in [1.807, 2.05) is 52.4 Å². The second-order valence-electron chi connectivity index (χ2n) is 12.9. The molecule has 0 saturated carbocycles. The number of likely N-dealkylation sites (tertiary alicyclic amines) is 1. The maximum absolute atomic E-state index is 13.9. The lowest BCUT2D eigenvalue weighted by molar-refractivity contribution is -0.142. The summed E-state index contributed by atoms with van der Waals surface area (Å²) in [6.45, 7) is 8.49. The number of benzene rings is 2. The van der Waals surface area contributed by atoms with E-state index in [0.717, 1.165) is 33.3 Å². The van der Waals surface area contributed by atoms with Crippen molar-refractivity contribution >= 4 is 34.3 Å². The molecule has 0 bridgehead atoms. The number of imidazole rings is 1. The Morgan fingerprint density at radius 2 is 1.86 bits per heavy atom. The number of hydrogen-bond donors (Lipinski definition) is 2. The molecule has 220 valence electrons. The highest BCUT2D eigenvalue weighted by molar-refractivity contribution is 6.35. The molecule has 0 spiro atoms. The number of aromatic nitrogens is 4. The van der Waals surface area contributed by atoms with Gasteiger partial charge in [0.05, 0.1) is 28.3 Å². The number of hydrogen-bond acceptors (Lipinski definition) is 4. The molecule has 2 aliphatic rings. The van der Waals surface area contributed by atoms with E-state index < -0.39 is 5.92 Å². The number of nitrogens with one attached hydrogen (secondary N) is 2. The van der Waals surface area contributed by atoms with Gasteiger partial charge in [0.1, 0.15) is 0 Å². The number of piperidine rings is 1. The molecule has 2 amide bonds. The van der Waals surface area contributed by atoms with Gasteiger partial charge in [-0.3, -0.25) is 19.3 Å². The number of fused-ring (bicyclic) bond motifs is 3. The molecule has 2 aliphatic heterocycles. The van der Waals surface area contributed by atoms with Crippen molar-refractivity contribution in [3.05, 3.63) is 75.4 Å². The number of rotatable bonds is 5. The highest BCUT2D eigenvalue weighted by Crippen LogP contribution is 2.35. The van der Waals surface area contributed by atoms with Crippen LogP contribution in [0, 0.1) is 11.3 Å². The Hall–Kier alpha value is -3.85. The van der Waals surface area contributed by atoms with Crippen LogP contribution in [-0.4, -0.2) is 61.0 Å². The molecule has 0 unspecified atom stereocenters. The Balaban J connectivity index is 1.17. The summed E-state index contributed by atoms with van der Waals surface area (Å²) in [6.07, 6.45) is 5.62. The lowest BCUT2D eigenvalue weighted by atomic mass is 9.92. The second-order valence-corrected chi connectivity index (χ2v) is 13.3. The van der Waals surface area contributed by atoms with E-state index in [2.05, 4.69) is 36.0 Å². The zero-order valence-electron chi connectivity index (χ0n) is 24.3. The fourth-order valence-electron chi connectivity index (χ4n) is 6.48. The van der Waals surface area contributed by atoms with Crippen molar-refractivity contribution in [2.24, 2.45) is 11.3 Å². The highest BCUT2D eigenvalue weighted by Gasteiger charge is 2.36. The van der Waals surface area contributed by atoms with Gasteiger partial charge in [0.2, 0.25) is 11.8 Å². The minimum Gasteiger partial charge on any atom is -0.343 e. The summed E-state index contributed by atoms with van der Waals surface area (Å²) in [5.74, 6) is -0.489. The second kappa shape index (κ2) is 11.1. The maximum Gasteiger partial charge on any atom is 0.326 e. The van der Waals surface area contributed by atoms with Gasteiger partial charge in [0.15, 0.2) is 0 Å². The van der Waals surface area contributed by atoms with Crippen LogP contribution in [0.25, 0.3) is 22.2 Å². The summed E-state index contributed by atoms with van der Waals surface area (Å²) in [7, 11) is 0. The lowest BCUT2D eigenvalue weighted by Gasteiger charge is -2.34. The molecule has 0 aliphatic carbocycles. The van der Waals surface area contributed by atoms with E-state index in [-0.39, 0.29) is 35.4 Å². The van der Waals surface area contributed by atoms with E-state index in [9.17, 15) is 14.4 Å². The largest absolute Gasteiger partial charge is 0.343 e. The standard InChI is InChI=1S/C32H37ClN6O3/c1-32(2,3)19-38-17-25-21(14-26(33)29-24(25)16-34-36-29)13-22(30(38)41)15-28(40)37-11-9-23(10-12-37)39-18-27(35-31(39)42)20-7-5-4-6-8-20/h4-8,14,16,18,22-23H,9-13,15,17,19H2,1-3H3,(H,34,36)(H,35,42)/t22-/m0/s1. The van der Waals surface area contributed by atoms with Gasteiger partial charge in [-0.25, -0.2) is 4.79 Å². The van der Waals surface area contributed by atoms with Gasteiger partial charge >= 0.3 is 5.69 Å². The van der Waals surface area contributed by atoms with Gasteiger partial charge in [-0.2, -0.15) is 5.10 Å². The van der Waals surface area contributed by atoms with Crippen LogP contribution >= 0.6 is 11.6 Å². The van der Waals surface area contributed by atoms with Gasteiger partial charge < -0.3 is 14.8 Å². The third-order valence-corrected chi connectivity index (χ3v) is 8.79. The summed E-state index contributed by atoms with van der Waals surface area (Å²) in [4.78, 5) is 47.0. The summed E-state index contributed by atoms with van der Waals surface area (Å²) in [5.41, 5.74) is 4.33. The molecule has 42 heavy (non-hydrogen) atoms. The number of halogens is 1. The zero-order valence-corrected chi connectivity index (χ0v) is 25.1. The summed E-state index contributed by atoms with van der Waals surface area (Å²) >= 11 is 6.58. The van der Waals surface area contributed by atoms with Crippen LogP contribution in [0.1, 0.15) is 57.2 Å². The molecule has 4 heterocycles. The first-order valence-electron chi connectivity index (χ1n) is 14.6. The highest BCUT2D eigenvalue weighted by atomic mass is 35.5. The average molecular weight is 589 g/mol. The number of nitrogens with zero attached hydrogens (tertiary/aromatic N) is 4. The molecule has 1 atom stereocenters. The molecule has 9 nitrogen and oxygen atoms in total. The predicted molar refractivity (Wildman–Crippen MR) is 163 cm³/mol. The maximum atomic E-state index is 13.9. The molecular formula is C32H37ClN6O3. The number of amides is 2. The first-order chi connectivity index (χ1) is 20.1. The molecule has 1 saturated heterocycles. The molecular weight excluding hydrogens is 552 g/mol. The van der Waals surface area contributed by atoms with Gasteiger partial charge in [-0.15, -0.1) is 0 Å². The van der Waals surface area contributed by atoms with Gasteiger partial charge in [0, 0.05) is 50.2 Å². The third-order valence-electron chi connectivity index (χ3n) is 8.49. The Kier molecular flexibility index (Phi) is 7.47. The van der Waals surface area contributed by atoms with E-state index in [1.54, 1.807) is 10.8 Å². The summed E-state index contributed by atoms with van der Waals surface area (Å²) < 4.78 is 1.76. The van der Waals surface area contributed by atoms with Crippen molar-refractivity contribution in [2.45, 2.75) is 59.0 Å². The van der Waals surface area contributed by atoms with Crippen LogP contribution < -0.4 is 5.69 Å². The SMILES string of the molecule is CC(C)(C)CN1Cc2c(cc(Cl)c3[nH]ncc23)C[C@@H](CC(=O)N2CCC(n3cc(-c4ccccc4)[nH]c3=O)CC2)C1=O. The Morgan fingerprint density at radius 3 is 2.57 bits per heavy atom. The molecule has 10 heteroatoms. The predicted octanol–water partition coefficient (Wildman–Crippen LogP) is 5.17. The van der Waals surface area contributed by atoms with Crippen molar-refractivity contribution in [3.8, 4) is 11.3 Å². The number of aromatic amines is 2. The van der Waals surface area contributed by atoms with E-state index in [1.165, 1.54) is 0 Å². The minimum absolute atomic E-state index is 0.00412. The van der Waals surface area contributed by atoms with Crippen LogP contribution in [0.4, 0.5) is 0 Å². The average Bonchev–Trinajstić information content (AvgIpc) is 3.59. The molecule has 2 N–H and O–H groups in total. The number of carbonyl (C=O) groups excluding carboxylic acids is 2. The molecule has 2 aromatic carbocycles. The van der Waals surface area contributed by atoms with Crippen molar-refractivity contribution in [1.82, 2.24) is 29.5 Å². The van der Waals surface area contributed by atoms with Crippen molar-refractivity contribution in [2.75, 3.05) is 19.6 Å². The lowest BCUT2D eigenvalue weighted by Crippen LogP contribution is -2.44. The van der Waals surface area contributed by atoms with Crippen molar-refractivity contribution in [1.29, 1.82) is 0 Å². The van der Waals surface area contributed by atoms with E-state index >= 15 is 0 Å². The van der Waals surface area contributed by atoms with Gasteiger partial charge in [-0.1, -0.05) is 62.7 Å². The molecule has 4 aromatic rings. The Labute approximate surface area is 249 Å². The van der Waals surface area contributed by atoms with E-state index in [0.29, 0.717) is 50.5 Å². The topological polar surface area (TPSA) is 107 Å². The van der Waals surface area contributed by atoms with Gasteiger partial charge in [0.25, 0.3) is 0 Å². The fraction of sp³-hybridized carbons (Fsp3) is 0.438. The molecule has 2 aromatic heterocycles. The van der Waals surface area contributed by atoms with Crippen LogP contribution in [0.3, 0.4) is 0 Å². The monoisotopic (exact) mass is 588 g/mol. The normalized spacial score (nSPS) is 18.4. The van der Waals surface area contributed by atoms with Crippen molar-refractivity contribution in [3.63, 3.8) is 0 Å². The number of H-pyrrole nitrogens is 2. The Bertz CT molecular complexity index is 1670. The fourth-order valence-corrected chi connectivity index (χ4v) is 6.75. The Morgan fingerprint density at radius 1 is 1.12 bits per heavy atom. The smallest absolute Gasteiger partial charge is 0.326 e. The molecule has 6 rings (SSSR count). The third kappa shape index (κ3) is 5.62. The molecule has 1 fully saturated rings. The van der Waals surface area contributed by atoms with Crippen molar-refractivity contribution < 1.29 is 9.59 Å². The minimum atomic E-state index is -0.472. The van der Waals surface area contributed by atoms with Crippen LogP contribution in [0.15, 0.2) is 53.6 Å². The van der Waals surface area contributed by atoms with Crippen LogP contribution in [0.2, 0.25) is 5.02 Å². The van der Waals surface area contributed by atoms with Gasteiger partial charge in [-0.05, 0) is 47.4 Å². The first-order valence-corrected chi connectivity index (χ1v) is 15.0. The number of carbonyl (C=O) groups is 2.